The number of hydrogen-bond acceptors (Lipinski definition) is 4. The fourth-order valence-electron chi connectivity index (χ4n) is 1.09. The lowest BCUT2D eigenvalue weighted by Gasteiger charge is -2.15. The minimum absolute atomic E-state index is 0.564. The van der Waals surface area contributed by atoms with Crippen LogP contribution in [0.2, 0.25) is 0 Å². The molecule has 1 rings (SSSR count). The highest BCUT2D eigenvalue weighted by molar-refractivity contribution is 7.99. The molecular formula is C11H19NO2S. The van der Waals surface area contributed by atoms with Gasteiger partial charge in [-0.3, -0.25) is 0 Å². The summed E-state index contributed by atoms with van der Waals surface area (Å²) in [5.41, 5.74) is -0.564. The maximum atomic E-state index is 9.47. The first-order valence-corrected chi connectivity index (χ1v) is 6.27. The Morgan fingerprint density at radius 2 is 2.33 bits per heavy atom. The van der Waals surface area contributed by atoms with Crippen LogP contribution >= 0.6 is 11.8 Å². The number of nitrogens with one attached hydrogen (secondary N) is 1. The Morgan fingerprint density at radius 1 is 1.53 bits per heavy atom. The molecule has 0 amide bonds. The lowest BCUT2D eigenvalue weighted by molar-refractivity contribution is 0.107. The minimum atomic E-state index is -0.564. The zero-order valence-electron chi connectivity index (χ0n) is 9.32. The molecule has 0 saturated heterocycles. The van der Waals surface area contributed by atoms with E-state index in [1.165, 1.54) is 0 Å². The maximum Gasteiger partial charge on any atom is 0.117 e. The Labute approximate surface area is 95.2 Å². The lowest BCUT2D eigenvalue weighted by Crippen LogP contribution is -2.23. The van der Waals surface area contributed by atoms with Gasteiger partial charge in [0.2, 0.25) is 0 Å². The van der Waals surface area contributed by atoms with Crippen molar-refractivity contribution < 1.29 is 9.52 Å². The van der Waals surface area contributed by atoms with E-state index in [2.05, 4.69) is 5.32 Å². The van der Waals surface area contributed by atoms with Crippen molar-refractivity contribution in [2.75, 3.05) is 18.1 Å². The van der Waals surface area contributed by atoms with Crippen LogP contribution in [0, 0.1) is 0 Å². The Bertz CT molecular complexity index is 254. The molecule has 0 saturated carbocycles. The van der Waals surface area contributed by atoms with Gasteiger partial charge in [-0.2, -0.15) is 11.8 Å². The Morgan fingerprint density at radius 3 is 2.93 bits per heavy atom. The zero-order chi connectivity index (χ0) is 11.1. The van der Waals surface area contributed by atoms with Crippen molar-refractivity contribution in [2.45, 2.75) is 26.0 Å². The summed E-state index contributed by atoms with van der Waals surface area (Å²) >= 11 is 1.75. The molecule has 3 nitrogen and oxygen atoms in total. The molecule has 86 valence electrons. The standard InChI is InChI=1S/C11H19NO2S/c1-11(2,13)9-15-7-5-12-8-10-4-3-6-14-10/h3-4,6,12-13H,5,7-9H2,1-2H3. The summed E-state index contributed by atoms with van der Waals surface area (Å²) in [5.74, 6) is 2.74. The maximum absolute atomic E-state index is 9.47. The first kappa shape index (κ1) is 12.6. The monoisotopic (exact) mass is 229 g/mol. The highest BCUT2D eigenvalue weighted by Gasteiger charge is 2.11. The zero-order valence-corrected chi connectivity index (χ0v) is 10.1. The summed E-state index contributed by atoms with van der Waals surface area (Å²) in [6.45, 7) is 5.37. The van der Waals surface area contributed by atoms with Crippen LogP contribution in [0.25, 0.3) is 0 Å². The molecule has 1 aromatic rings. The summed E-state index contributed by atoms with van der Waals surface area (Å²) < 4.78 is 5.18. The molecule has 0 aromatic carbocycles. The van der Waals surface area contributed by atoms with E-state index in [0.717, 1.165) is 30.4 Å². The molecular weight excluding hydrogens is 210 g/mol. The Hall–Kier alpha value is -0.450. The van der Waals surface area contributed by atoms with Crippen LogP contribution in [0.5, 0.6) is 0 Å². The molecule has 0 aliphatic rings. The second kappa shape index (κ2) is 6.20. The molecule has 1 heterocycles. The topological polar surface area (TPSA) is 45.4 Å². The van der Waals surface area contributed by atoms with Gasteiger partial charge in [-0.25, -0.2) is 0 Å². The van der Waals surface area contributed by atoms with Crippen molar-refractivity contribution in [2.24, 2.45) is 0 Å². The Kier molecular flexibility index (Phi) is 5.22. The van der Waals surface area contributed by atoms with Crippen LogP contribution < -0.4 is 5.32 Å². The third kappa shape index (κ3) is 6.60. The lowest BCUT2D eigenvalue weighted by atomic mass is 10.2. The van der Waals surface area contributed by atoms with E-state index in [9.17, 15) is 5.11 Å². The van der Waals surface area contributed by atoms with Gasteiger partial charge in [0.05, 0.1) is 18.4 Å². The van der Waals surface area contributed by atoms with Crippen LogP contribution in [0.15, 0.2) is 22.8 Å². The fraction of sp³-hybridized carbons (Fsp3) is 0.636. The SMILES string of the molecule is CC(C)(O)CSCCNCc1ccco1. The van der Waals surface area contributed by atoms with E-state index in [1.807, 2.05) is 26.0 Å². The summed E-state index contributed by atoms with van der Waals surface area (Å²) in [4.78, 5) is 0. The second-order valence-electron chi connectivity index (χ2n) is 4.12. The predicted octanol–water partition coefficient (Wildman–Crippen LogP) is 1.87. The number of aliphatic hydroxyl groups is 1. The molecule has 1 aromatic heterocycles. The van der Waals surface area contributed by atoms with Gasteiger partial charge in [0, 0.05) is 18.1 Å². The van der Waals surface area contributed by atoms with E-state index in [-0.39, 0.29) is 0 Å². The van der Waals surface area contributed by atoms with E-state index >= 15 is 0 Å². The molecule has 4 heteroatoms. The highest BCUT2D eigenvalue weighted by Crippen LogP contribution is 2.10. The molecule has 0 bridgehead atoms. The summed E-state index contributed by atoms with van der Waals surface area (Å²) in [7, 11) is 0. The van der Waals surface area contributed by atoms with Crippen LogP contribution in [-0.2, 0) is 6.54 Å². The van der Waals surface area contributed by atoms with Crippen molar-refractivity contribution in [3.8, 4) is 0 Å². The van der Waals surface area contributed by atoms with Crippen molar-refractivity contribution in [3.05, 3.63) is 24.2 Å². The smallest absolute Gasteiger partial charge is 0.117 e. The van der Waals surface area contributed by atoms with Crippen LogP contribution in [-0.4, -0.2) is 28.8 Å². The van der Waals surface area contributed by atoms with Crippen molar-refractivity contribution in [3.63, 3.8) is 0 Å². The summed E-state index contributed by atoms with van der Waals surface area (Å²) in [5, 5.41) is 12.7. The van der Waals surface area contributed by atoms with Gasteiger partial charge in [0.1, 0.15) is 5.76 Å². The molecule has 2 N–H and O–H groups in total. The molecule has 0 aliphatic carbocycles. The van der Waals surface area contributed by atoms with Gasteiger partial charge < -0.3 is 14.8 Å². The second-order valence-corrected chi connectivity index (χ2v) is 5.23. The third-order valence-electron chi connectivity index (χ3n) is 1.76. The molecule has 0 spiro atoms. The van der Waals surface area contributed by atoms with Gasteiger partial charge in [-0.1, -0.05) is 0 Å². The number of hydrogen-bond donors (Lipinski definition) is 2. The number of thioether (sulfide) groups is 1. The average Bonchev–Trinajstić information content (AvgIpc) is 2.61. The molecule has 0 radical (unpaired) electrons. The largest absolute Gasteiger partial charge is 0.468 e. The van der Waals surface area contributed by atoms with Crippen LogP contribution in [0.3, 0.4) is 0 Å². The quantitative estimate of drug-likeness (QED) is 0.701. The first-order valence-electron chi connectivity index (χ1n) is 5.11. The van der Waals surface area contributed by atoms with Crippen LogP contribution in [0.1, 0.15) is 19.6 Å². The molecule has 0 fully saturated rings. The molecule has 0 atom stereocenters. The number of rotatable bonds is 7. The number of furan rings is 1. The van der Waals surface area contributed by atoms with Crippen molar-refractivity contribution in [1.29, 1.82) is 0 Å². The highest BCUT2D eigenvalue weighted by atomic mass is 32.2. The predicted molar refractivity (Wildman–Crippen MR) is 64.0 cm³/mol. The molecule has 15 heavy (non-hydrogen) atoms. The van der Waals surface area contributed by atoms with Gasteiger partial charge in [0.25, 0.3) is 0 Å². The molecule has 0 aliphatic heterocycles. The Balaban J connectivity index is 1.94. The van der Waals surface area contributed by atoms with E-state index < -0.39 is 5.60 Å². The van der Waals surface area contributed by atoms with Gasteiger partial charge in [0.15, 0.2) is 0 Å². The van der Waals surface area contributed by atoms with Gasteiger partial charge in [-0.15, -0.1) is 0 Å². The van der Waals surface area contributed by atoms with E-state index in [1.54, 1.807) is 18.0 Å². The van der Waals surface area contributed by atoms with E-state index in [4.69, 9.17) is 4.42 Å². The summed E-state index contributed by atoms with van der Waals surface area (Å²) in [6.07, 6.45) is 1.68. The normalized spacial score (nSPS) is 11.9. The van der Waals surface area contributed by atoms with Crippen molar-refractivity contribution >= 4 is 11.8 Å². The van der Waals surface area contributed by atoms with Crippen molar-refractivity contribution in [1.82, 2.24) is 5.32 Å². The molecule has 0 unspecified atom stereocenters. The minimum Gasteiger partial charge on any atom is -0.468 e. The van der Waals surface area contributed by atoms with E-state index in [0.29, 0.717) is 0 Å². The first-order chi connectivity index (χ1) is 7.08. The average molecular weight is 229 g/mol. The van der Waals surface area contributed by atoms with Gasteiger partial charge in [-0.05, 0) is 26.0 Å². The fourth-order valence-corrected chi connectivity index (χ4v) is 2.02. The summed E-state index contributed by atoms with van der Waals surface area (Å²) in [6, 6.07) is 3.84. The van der Waals surface area contributed by atoms with Gasteiger partial charge >= 0.3 is 0 Å². The third-order valence-corrected chi connectivity index (χ3v) is 3.16. The van der Waals surface area contributed by atoms with Crippen LogP contribution in [0.4, 0.5) is 0 Å².